The highest BCUT2D eigenvalue weighted by atomic mass is 35.5. The summed E-state index contributed by atoms with van der Waals surface area (Å²) >= 11 is 6.24. The van der Waals surface area contributed by atoms with E-state index in [1.165, 1.54) is 0 Å². The Balaban J connectivity index is 1.57. The molecule has 1 aromatic rings. The summed E-state index contributed by atoms with van der Waals surface area (Å²) in [6, 6.07) is 6.58. The molecule has 26 heavy (non-hydrogen) atoms. The topological polar surface area (TPSA) is 73.9 Å². The second kappa shape index (κ2) is 8.81. The Kier molecular flexibility index (Phi) is 6.48. The molecule has 2 heterocycles. The Bertz CT molecular complexity index is 649. The zero-order chi connectivity index (χ0) is 18.5. The molecular formula is C18H25ClN4O3. The summed E-state index contributed by atoms with van der Waals surface area (Å²) in [6.07, 6.45) is -0.792. The number of nitrogens with zero attached hydrogens (tertiary/aromatic N) is 2. The van der Waals surface area contributed by atoms with Crippen molar-refractivity contribution in [1.82, 2.24) is 20.4 Å². The third-order valence-electron chi connectivity index (χ3n) is 4.84. The smallest absolute Gasteiger partial charge is 0.251 e. The van der Waals surface area contributed by atoms with E-state index >= 15 is 0 Å². The monoisotopic (exact) mass is 380 g/mol. The van der Waals surface area contributed by atoms with Crippen LogP contribution in [0.15, 0.2) is 24.3 Å². The van der Waals surface area contributed by atoms with Gasteiger partial charge in [0.2, 0.25) is 5.91 Å². The third-order valence-corrected chi connectivity index (χ3v) is 5.18. The standard InChI is InChI=1S/C18H25ClN4O3/c1-22-8-10-23(11-9-22)7-6-20-18(25)17-16(21-15(24)12-26-17)13-4-2-3-5-14(13)19/h2-5,16-17H,6-12H2,1H3,(H,20,25)(H,21,24)/t16-,17+/m1/s1. The van der Waals surface area contributed by atoms with Crippen LogP contribution in [-0.2, 0) is 14.3 Å². The number of halogens is 1. The summed E-state index contributed by atoms with van der Waals surface area (Å²) in [7, 11) is 2.11. The predicted molar refractivity (Wildman–Crippen MR) is 99.0 cm³/mol. The second-order valence-corrected chi connectivity index (χ2v) is 7.14. The lowest BCUT2D eigenvalue weighted by Crippen LogP contribution is -2.53. The van der Waals surface area contributed by atoms with Gasteiger partial charge in [-0.2, -0.15) is 0 Å². The Labute approximate surface area is 158 Å². The first-order valence-electron chi connectivity index (χ1n) is 8.88. The lowest BCUT2D eigenvalue weighted by atomic mass is 9.99. The van der Waals surface area contributed by atoms with Gasteiger partial charge in [-0.15, -0.1) is 0 Å². The highest BCUT2D eigenvalue weighted by Gasteiger charge is 2.36. The lowest BCUT2D eigenvalue weighted by molar-refractivity contribution is -0.148. The van der Waals surface area contributed by atoms with Gasteiger partial charge in [-0.3, -0.25) is 14.5 Å². The van der Waals surface area contributed by atoms with Gasteiger partial charge in [0.1, 0.15) is 6.61 Å². The molecular weight excluding hydrogens is 356 g/mol. The van der Waals surface area contributed by atoms with Gasteiger partial charge in [0.15, 0.2) is 6.10 Å². The molecule has 0 unspecified atom stereocenters. The molecule has 2 N–H and O–H groups in total. The van der Waals surface area contributed by atoms with E-state index < -0.39 is 12.1 Å². The number of piperazine rings is 1. The quantitative estimate of drug-likeness (QED) is 0.766. The highest BCUT2D eigenvalue weighted by molar-refractivity contribution is 6.31. The number of likely N-dealkylation sites (N-methyl/N-ethyl adjacent to an activating group) is 1. The first kappa shape index (κ1) is 19.1. The Morgan fingerprint density at radius 3 is 2.77 bits per heavy atom. The van der Waals surface area contributed by atoms with E-state index in [0.717, 1.165) is 32.7 Å². The molecule has 1 aromatic carbocycles. The first-order chi connectivity index (χ1) is 12.5. The van der Waals surface area contributed by atoms with Crippen LogP contribution in [0.25, 0.3) is 0 Å². The zero-order valence-corrected chi connectivity index (χ0v) is 15.7. The molecule has 0 aromatic heterocycles. The maximum Gasteiger partial charge on any atom is 0.251 e. The number of carbonyl (C=O) groups excluding carboxylic acids is 2. The zero-order valence-electron chi connectivity index (χ0n) is 14.9. The van der Waals surface area contributed by atoms with Gasteiger partial charge in [-0.25, -0.2) is 0 Å². The van der Waals surface area contributed by atoms with Crippen LogP contribution in [0.2, 0.25) is 5.02 Å². The number of morpholine rings is 1. The van der Waals surface area contributed by atoms with Crippen molar-refractivity contribution in [3.05, 3.63) is 34.9 Å². The van der Waals surface area contributed by atoms with Crippen molar-refractivity contribution in [2.24, 2.45) is 0 Å². The molecule has 142 valence electrons. The van der Waals surface area contributed by atoms with E-state index in [9.17, 15) is 9.59 Å². The summed E-state index contributed by atoms with van der Waals surface area (Å²) < 4.78 is 5.53. The summed E-state index contributed by atoms with van der Waals surface area (Å²) in [5.74, 6) is -0.486. The van der Waals surface area contributed by atoms with Crippen LogP contribution in [0.1, 0.15) is 11.6 Å². The highest BCUT2D eigenvalue weighted by Crippen LogP contribution is 2.28. The van der Waals surface area contributed by atoms with Crippen LogP contribution in [-0.4, -0.2) is 80.6 Å². The van der Waals surface area contributed by atoms with Crippen molar-refractivity contribution in [3.63, 3.8) is 0 Å². The number of carbonyl (C=O) groups is 2. The summed E-state index contributed by atoms with van der Waals surface area (Å²) in [5, 5.41) is 6.25. The van der Waals surface area contributed by atoms with Crippen molar-refractivity contribution in [1.29, 1.82) is 0 Å². The van der Waals surface area contributed by atoms with Crippen LogP contribution < -0.4 is 10.6 Å². The van der Waals surface area contributed by atoms with Gasteiger partial charge < -0.3 is 20.3 Å². The second-order valence-electron chi connectivity index (χ2n) is 6.73. The molecule has 8 heteroatoms. The Morgan fingerprint density at radius 2 is 2.04 bits per heavy atom. The van der Waals surface area contributed by atoms with E-state index in [1.807, 2.05) is 12.1 Å². The molecule has 2 amide bonds. The predicted octanol–water partition coefficient (Wildman–Crippen LogP) is 0.260. The van der Waals surface area contributed by atoms with Gasteiger partial charge in [0, 0.05) is 44.3 Å². The number of amides is 2. The molecule has 0 aliphatic carbocycles. The number of hydrogen-bond acceptors (Lipinski definition) is 5. The lowest BCUT2D eigenvalue weighted by Gasteiger charge is -2.33. The maximum absolute atomic E-state index is 12.6. The molecule has 0 radical (unpaired) electrons. The van der Waals surface area contributed by atoms with Gasteiger partial charge in [-0.05, 0) is 18.7 Å². The maximum atomic E-state index is 12.6. The number of hydrogen-bond donors (Lipinski definition) is 2. The fraction of sp³-hybridized carbons (Fsp3) is 0.556. The molecule has 2 fully saturated rings. The number of rotatable bonds is 5. The van der Waals surface area contributed by atoms with E-state index in [0.29, 0.717) is 17.1 Å². The molecule has 2 aliphatic rings. The number of benzene rings is 1. The van der Waals surface area contributed by atoms with Gasteiger partial charge in [0.25, 0.3) is 5.91 Å². The van der Waals surface area contributed by atoms with E-state index in [1.54, 1.807) is 12.1 Å². The van der Waals surface area contributed by atoms with E-state index in [-0.39, 0.29) is 18.4 Å². The number of ether oxygens (including phenoxy) is 1. The fourth-order valence-corrected chi connectivity index (χ4v) is 3.51. The van der Waals surface area contributed by atoms with Crippen molar-refractivity contribution in [2.45, 2.75) is 12.1 Å². The van der Waals surface area contributed by atoms with Crippen molar-refractivity contribution < 1.29 is 14.3 Å². The van der Waals surface area contributed by atoms with Crippen LogP contribution in [0.5, 0.6) is 0 Å². The van der Waals surface area contributed by atoms with Gasteiger partial charge in [0.05, 0.1) is 6.04 Å². The normalized spacial score (nSPS) is 24.9. The van der Waals surface area contributed by atoms with E-state index in [2.05, 4.69) is 27.5 Å². The summed E-state index contributed by atoms with van der Waals surface area (Å²) in [4.78, 5) is 29.0. The number of nitrogens with one attached hydrogen (secondary N) is 2. The van der Waals surface area contributed by atoms with Crippen LogP contribution in [0, 0.1) is 0 Å². The summed E-state index contributed by atoms with van der Waals surface area (Å²) in [6.45, 7) is 5.31. The Hall–Kier alpha value is -1.67. The van der Waals surface area contributed by atoms with Crippen LogP contribution in [0.3, 0.4) is 0 Å². The van der Waals surface area contributed by atoms with Crippen molar-refractivity contribution >= 4 is 23.4 Å². The minimum atomic E-state index is -0.792. The molecule has 2 aliphatic heterocycles. The van der Waals surface area contributed by atoms with Gasteiger partial charge in [-0.1, -0.05) is 29.8 Å². The fourth-order valence-electron chi connectivity index (χ4n) is 3.26. The molecule has 7 nitrogen and oxygen atoms in total. The molecule has 2 atom stereocenters. The average molecular weight is 381 g/mol. The van der Waals surface area contributed by atoms with Gasteiger partial charge >= 0.3 is 0 Å². The average Bonchev–Trinajstić information content (AvgIpc) is 2.63. The largest absolute Gasteiger partial charge is 0.356 e. The van der Waals surface area contributed by atoms with Crippen molar-refractivity contribution in [3.8, 4) is 0 Å². The molecule has 0 bridgehead atoms. The SMILES string of the molecule is CN1CCN(CCNC(=O)[C@H]2OCC(=O)N[C@@H]2c2ccccc2Cl)CC1. The summed E-state index contributed by atoms with van der Waals surface area (Å²) in [5.41, 5.74) is 0.682. The Morgan fingerprint density at radius 1 is 1.31 bits per heavy atom. The molecule has 0 saturated carbocycles. The third kappa shape index (κ3) is 4.73. The minimum Gasteiger partial charge on any atom is -0.356 e. The van der Waals surface area contributed by atoms with Crippen LogP contribution in [0.4, 0.5) is 0 Å². The first-order valence-corrected chi connectivity index (χ1v) is 9.26. The van der Waals surface area contributed by atoms with Crippen LogP contribution >= 0.6 is 11.6 Å². The molecule has 0 spiro atoms. The molecule has 3 rings (SSSR count). The minimum absolute atomic E-state index is 0.127. The van der Waals surface area contributed by atoms with Crippen molar-refractivity contribution in [2.75, 3.05) is 52.9 Å². The van der Waals surface area contributed by atoms with E-state index in [4.69, 9.17) is 16.3 Å². The molecule has 2 saturated heterocycles.